The predicted molar refractivity (Wildman–Crippen MR) is 148 cm³/mol. The van der Waals surface area contributed by atoms with Crippen LogP contribution in [0.3, 0.4) is 0 Å². The number of carbonyl (C=O) groups excluding carboxylic acids is 2. The van der Waals surface area contributed by atoms with Crippen molar-refractivity contribution in [2.75, 3.05) is 43.5 Å². The van der Waals surface area contributed by atoms with Crippen LogP contribution in [0.15, 0.2) is 48.5 Å². The molecule has 0 spiro atoms. The molecule has 1 aromatic heterocycles. The quantitative estimate of drug-likeness (QED) is 0.453. The molecule has 5 rings (SSSR count). The SMILES string of the molecule is CC(C)(C)c1nn(-c2cccc(Cl)c2)c2c1[C@H](c1ccccc1F)SCC(=O)N2CC(=O)N1CCOCC1. The molecule has 3 aromatic rings. The van der Waals surface area contributed by atoms with Gasteiger partial charge >= 0.3 is 0 Å². The Hall–Kier alpha value is -2.88. The number of carbonyl (C=O) groups is 2. The fourth-order valence-electron chi connectivity index (χ4n) is 4.84. The second-order valence-corrected chi connectivity index (χ2v) is 11.9. The standard InChI is InChI=1S/C28H30ClFN4O3S/c1-28(2,3)26-24-25(20-9-4-5-10-21(20)30)38-17-23(36)33(16-22(35)32-11-13-37-14-12-32)27(24)34(31-26)19-8-6-7-18(29)15-19/h4-10,15,25H,11-14,16-17H2,1-3H3/t25-/m0/s1. The number of aromatic nitrogens is 2. The third-order valence-electron chi connectivity index (χ3n) is 6.70. The number of morpholine rings is 1. The summed E-state index contributed by atoms with van der Waals surface area (Å²) in [4.78, 5) is 30.4. The molecule has 0 bridgehead atoms. The number of hydrogen-bond acceptors (Lipinski definition) is 5. The zero-order valence-electron chi connectivity index (χ0n) is 21.6. The number of thioether (sulfide) groups is 1. The number of anilines is 1. The van der Waals surface area contributed by atoms with Crippen molar-refractivity contribution in [3.05, 3.63) is 76.2 Å². The van der Waals surface area contributed by atoms with E-state index in [1.807, 2.05) is 32.9 Å². The average Bonchev–Trinajstić information content (AvgIpc) is 3.23. The lowest BCUT2D eigenvalue weighted by atomic mass is 9.87. The van der Waals surface area contributed by atoms with Crippen LogP contribution in [-0.4, -0.2) is 65.1 Å². The maximum absolute atomic E-state index is 15.2. The van der Waals surface area contributed by atoms with E-state index in [9.17, 15) is 9.59 Å². The largest absolute Gasteiger partial charge is 0.378 e. The van der Waals surface area contributed by atoms with Gasteiger partial charge in [-0.2, -0.15) is 5.10 Å². The lowest BCUT2D eigenvalue weighted by Crippen LogP contribution is -2.48. The van der Waals surface area contributed by atoms with Gasteiger partial charge in [0, 0.05) is 34.7 Å². The van der Waals surface area contributed by atoms with Gasteiger partial charge in [-0.25, -0.2) is 9.07 Å². The topological polar surface area (TPSA) is 67.7 Å². The number of rotatable bonds is 4. The molecule has 10 heteroatoms. The van der Waals surface area contributed by atoms with Gasteiger partial charge in [0.05, 0.1) is 35.6 Å². The predicted octanol–water partition coefficient (Wildman–Crippen LogP) is 4.99. The fourth-order valence-corrected chi connectivity index (χ4v) is 6.25. The van der Waals surface area contributed by atoms with Crippen LogP contribution in [0.25, 0.3) is 5.69 Å². The van der Waals surface area contributed by atoms with Gasteiger partial charge in [-0.1, -0.05) is 56.6 Å². The molecule has 0 radical (unpaired) electrons. The molecule has 1 saturated heterocycles. The van der Waals surface area contributed by atoms with Crippen molar-refractivity contribution in [1.29, 1.82) is 0 Å². The minimum absolute atomic E-state index is 0.0865. The molecule has 0 saturated carbocycles. The monoisotopic (exact) mass is 556 g/mol. The van der Waals surface area contributed by atoms with Crippen molar-refractivity contribution in [3.63, 3.8) is 0 Å². The zero-order valence-corrected chi connectivity index (χ0v) is 23.2. The van der Waals surface area contributed by atoms with Crippen LogP contribution in [0.2, 0.25) is 5.02 Å². The highest BCUT2D eigenvalue weighted by Gasteiger charge is 2.41. The number of halogens is 2. The number of hydrogen-bond donors (Lipinski definition) is 0. The van der Waals surface area contributed by atoms with Crippen molar-refractivity contribution in [2.45, 2.75) is 31.4 Å². The molecule has 200 valence electrons. The summed E-state index contributed by atoms with van der Waals surface area (Å²) in [7, 11) is 0. The highest BCUT2D eigenvalue weighted by molar-refractivity contribution is 8.00. The summed E-state index contributed by atoms with van der Waals surface area (Å²) in [6.07, 6.45) is 0. The molecule has 2 aliphatic rings. The molecular weight excluding hydrogens is 527 g/mol. The highest BCUT2D eigenvalue weighted by atomic mass is 35.5. The third kappa shape index (κ3) is 5.19. The first-order valence-electron chi connectivity index (χ1n) is 12.6. The summed E-state index contributed by atoms with van der Waals surface area (Å²) in [6, 6.07) is 13.8. The zero-order chi connectivity index (χ0) is 27.0. The maximum Gasteiger partial charge on any atom is 0.242 e. The van der Waals surface area contributed by atoms with Crippen LogP contribution < -0.4 is 4.90 Å². The van der Waals surface area contributed by atoms with Crippen molar-refractivity contribution in [1.82, 2.24) is 14.7 Å². The average molecular weight is 557 g/mol. The van der Waals surface area contributed by atoms with E-state index in [1.165, 1.54) is 22.7 Å². The Bertz CT molecular complexity index is 1370. The Balaban J connectivity index is 1.74. The van der Waals surface area contributed by atoms with Gasteiger partial charge in [-0.15, -0.1) is 11.8 Å². The Kier molecular flexibility index (Phi) is 7.53. The van der Waals surface area contributed by atoms with Gasteiger partial charge in [0.25, 0.3) is 0 Å². The number of nitrogens with zero attached hydrogens (tertiary/aromatic N) is 4. The molecule has 7 nitrogen and oxygen atoms in total. The number of benzene rings is 2. The fraction of sp³-hybridized carbons (Fsp3) is 0.393. The number of ether oxygens (including phenoxy) is 1. The molecule has 2 amide bonds. The first kappa shape index (κ1) is 26.7. The van der Waals surface area contributed by atoms with Gasteiger partial charge in [-0.05, 0) is 24.3 Å². The van der Waals surface area contributed by atoms with Crippen molar-refractivity contribution >= 4 is 41.0 Å². The molecule has 1 atom stereocenters. The molecule has 0 unspecified atom stereocenters. The van der Waals surface area contributed by atoms with Crippen molar-refractivity contribution < 1.29 is 18.7 Å². The molecule has 38 heavy (non-hydrogen) atoms. The summed E-state index contributed by atoms with van der Waals surface area (Å²) in [6.45, 7) is 7.84. The lowest BCUT2D eigenvalue weighted by Gasteiger charge is -2.30. The van der Waals surface area contributed by atoms with E-state index in [2.05, 4.69) is 0 Å². The summed E-state index contributed by atoms with van der Waals surface area (Å²) < 4.78 is 22.3. The molecule has 0 aliphatic carbocycles. The third-order valence-corrected chi connectivity index (χ3v) is 8.17. The van der Waals surface area contributed by atoms with Gasteiger partial charge in [0.15, 0.2) is 0 Å². The second kappa shape index (κ2) is 10.7. The second-order valence-electron chi connectivity index (χ2n) is 10.4. The van der Waals surface area contributed by atoms with Crippen LogP contribution in [0.4, 0.5) is 10.2 Å². The van der Waals surface area contributed by atoms with E-state index >= 15 is 4.39 Å². The van der Waals surface area contributed by atoms with Gasteiger partial charge in [-0.3, -0.25) is 14.5 Å². The Labute approximate surface area is 230 Å². The Morgan fingerprint density at radius 2 is 1.89 bits per heavy atom. The maximum atomic E-state index is 15.2. The summed E-state index contributed by atoms with van der Waals surface area (Å²) in [5.41, 5.74) is 2.15. The molecule has 2 aromatic carbocycles. The number of amides is 2. The van der Waals surface area contributed by atoms with Gasteiger partial charge < -0.3 is 9.64 Å². The van der Waals surface area contributed by atoms with E-state index in [4.69, 9.17) is 21.4 Å². The van der Waals surface area contributed by atoms with Crippen molar-refractivity contribution in [2.24, 2.45) is 0 Å². The minimum atomic E-state index is -0.499. The van der Waals surface area contributed by atoms with Crippen LogP contribution in [0.5, 0.6) is 0 Å². The molecule has 1 fully saturated rings. The van der Waals surface area contributed by atoms with E-state index in [0.29, 0.717) is 48.4 Å². The smallest absolute Gasteiger partial charge is 0.242 e. The normalized spacial score (nSPS) is 18.3. The Morgan fingerprint density at radius 1 is 1.16 bits per heavy atom. The summed E-state index contributed by atoms with van der Waals surface area (Å²) >= 11 is 7.71. The minimum Gasteiger partial charge on any atom is -0.378 e. The lowest BCUT2D eigenvalue weighted by molar-refractivity contribution is -0.134. The van der Waals surface area contributed by atoms with E-state index < -0.39 is 10.7 Å². The van der Waals surface area contributed by atoms with Crippen molar-refractivity contribution in [3.8, 4) is 5.69 Å². The molecule has 0 N–H and O–H groups in total. The van der Waals surface area contributed by atoms with Crippen LogP contribution in [-0.2, 0) is 19.7 Å². The first-order valence-corrected chi connectivity index (χ1v) is 14.0. The van der Waals surface area contributed by atoms with Crippen LogP contribution in [0.1, 0.15) is 42.8 Å². The van der Waals surface area contributed by atoms with Crippen LogP contribution >= 0.6 is 23.4 Å². The summed E-state index contributed by atoms with van der Waals surface area (Å²) in [5, 5.41) is 5.02. The highest BCUT2D eigenvalue weighted by Crippen LogP contribution is 2.49. The molecule has 3 heterocycles. The summed E-state index contributed by atoms with van der Waals surface area (Å²) in [5.74, 6) is -0.194. The van der Waals surface area contributed by atoms with E-state index in [0.717, 1.165) is 11.3 Å². The molecule has 2 aliphatic heterocycles. The Morgan fingerprint density at radius 3 is 2.58 bits per heavy atom. The van der Waals surface area contributed by atoms with Gasteiger partial charge in [0.1, 0.15) is 18.2 Å². The number of fused-ring (bicyclic) bond motifs is 1. The van der Waals surface area contributed by atoms with E-state index in [-0.39, 0.29) is 29.9 Å². The van der Waals surface area contributed by atoms with Crippen LogP contribution in [0, 0.1) is 5.82 Å². The van der Waals surface area contributed by atoms with Gasteiger partial charge in [0.2, 0.25) is 11.8 Å². The van der Waals surface area contributed by atoms with E-state index in [1.54, 1.807) is 39.9 Å². The molecular formula is C28H30ClFN4O3S. The first-order chi connectivity index (χ1) is 18.1.